The van der Waals surface area contributed by atoms with Crippen LogP contribution in [0.15, 0.2) is 22.7 Å². The summed E-state index contributed by atoms with van der Waals surface area (Å²) in [6, 6.07) is 5.79. The van der Waals surface area contributed by atoms with Crippen molar-refractivity contribution in [1.29, 1.82) is 0 Å². The largest absolute Gasteiger partial charge is 0.395 e. The maximum atomic E-state index is 9.25. The van der Waals surface area contributed by atoms with Crippen molar-refractivity contribution in [3.05, 3.63) is 28.2 Å². The molecule has 1 rings (SSSR count). The number of anilines is 1. The van der Waals surface area contributed by atoms with E-state index in [2.05, 4.69) is 15.9 Å². The molecule has 15 heavy (non-hydrogen) atoms. The molecule has 4 heteroatoms. The van der Waals surface area contributed by atoms with Crippen LogP contribution in [0.25, 0.3) is 0 Å². The molecule has 0 aliphatic carbocycles. The summed E-state index contributed by atoms with van der Waals surface area (Å²) in [6.45, 7) is 3.56. The number of likely N-dealkylation sites (N-methyl/N-ethyl adjacent to an activating group) is 1. The molecule has 0 unspecified atom stereocenters. The summed E-state index contributed by atoms with van der Waals surface area (Å²) in [4.78, 5) is 2.04. The quantitative estimate of drug-likeness (QED) is 0.860. The van der Waals surface area contributed by atoms with Crippen LogP contribution in [0.1, 0.15) is 12.5 Å². The van der Waals surface area contributed by atoms with Crippen molar-refractivity contribution in [2.45, 2.75) is 13.5 Å². The molecule has 1 aromatic rings. The van der Waals surface area contributed by atoms with Crippen molar-refractivity contribution in [3.63, 3.8) is 0 Å². The minimum absolute atomic E-state index is 0.0106. The lowest BCUT2D eigenvalue weighted by Crippen LogP contribution is -2.27. The molecule has 0 aromatic heterocycles. The van der Waals surface area contributed by atoms with Crippen LogP contribution < -0.4 is 4.90 Å². The van der Waals surface area contributed by atoms with E-state index in [9.17, 15) is 5.11 Å². The summed E-state index contributed by atoms with van der Waals surface area (Å²) >= 11 is 3.37. The molecule has 0 saturated carbocycles. The van der Waals surface area contributed by atoms with Crippen molar-refractivity contribution < 1.29 is 10.2 Å². The van der Waals surface area contributed by atoms with Crippen molar-refractivity contribution in [3.8, 4) is 0 Å². The topological polar surface area (TPSA) is 43.7 Å². The third kappa shape index (κ3) is 3.19. The van der Waals surface area contributed by atoms with Crippen molar-refractivity contribution in [1.82, 2.24) is 0 Å². The zero-order valence-corrected chi connectivity index (χ0v) is 10.4. The van der Waals surface area contributed by atoms with E-state index in [0.29, 0.717) is 6.54 Å². The van der Waals surface area contributed by atoms with Crippen LogP contribution in [0.4, 0.5) is 5.69 Å². The van der Waals surface area contributed by atoms with E-state index in [1.165, 1.54) is 0 Å². The van der Waals surface area contributed by atoms with Gasteiger partial charge in [0.15, 0.2) is 0 Å². The van der Waals surface area contributed by atoms with Gasteiger partial charge in [0.05, 0.1) is 13.2 Å². The Balaban J connectivity index is 2.99. The van der Waals surface area contributed by atoms with Gasteiger partial charge in [-0.3, -0.25) is 0 Å². The predicted molar refractivity (Wildman–Crippen MR) is 65.0 cm³/mol. The van der Waals surface area contributed by atoms with Crippen LogP contribution in [0.5, 0.6) is 0 Å². The first-order chi connectivity index (χ1) is 7.22. The molecule has 0 saturated heterocycles. The second-order valence-electron chi connectivity index (χ2n) is 3.23. The number of hydrogen-bond donors (Lipinski definition) is 2. The number of halogens is 1. The number of aliphatic hydroxyl groups excluding tert-OH is 2. The lowest BCUT2D eigenvalue weighted by molar-refractivity contribution is 0.280. The molecule has 0 heterocycles. The van der Waals surface area contributed by atoms with Gasteiger partial charge in [0.25, 0.3) is 0 Å². The number of benzene rings is 1. The zero-order chi connectivity index (χ0) is 11.3. The Morgan fingerprint density at radius 1 is 1.33 bits per heavy atom. The van der Waals surface area contributed by atoms with Gasteiger partial charge >= 0.3 is 0 Å². The molecule has 0 spiro atoms. The molecule has 3 nitrogen and oxygen atoms in total. The lowest BCUT2D eigenvalue weighted by atomic mass is 10.1. The summed E-state index contributed by atoms with van der Waals surface area (Å²) in [6.07, 6.45) is 0. The van der Waals surface area contributed by atoms with Crippen LogP contribution >= 0.6 is 15.9 Å². The fourth-order valence-corrected chi connectivity index (χ4v) is 1.97. The molecule has 0 aliphatic heterocycles. The molecule has 0 fully saturated rings. The van der Waals surface area contributed by atoms with E-state index in [-0.39, 0.29) is 13.2 Å². The average Bonchev–Trinajstić information content (AvgIpc) is 2.26. The highest BCUT2D eigenvalue weighted by atomic mass is 79.9. The predicted octanol–water partition coefficient (Wildman–Crippen LogP) is 1.76. The van der Waals surface area contributed by atoms with Gasteiger partial charge in [-0.2, -0.15) is 0 Å². The van der Waals surface area contributed by atoms with Crippen LogP contribution in [0.3, 0.4) is 0 Å². The van der Waals surface area contributed by atoms with Crippen LogP contribution in [0.2, 0.25) is 0 Å². The van der Waals surface area contributed by atoms with Gasteiger partial charge in [0.1, 0.15) is 0 Å². The van der Waals surface area contributed by atoms with Gasteiger partial charge in [-0.15, -0.1) is 0 Å². The smallest absolute Gasteiger partial charge is 0.0702 e. The molecule has 0 atom stereocenters. The molecule has 2 N–H and O–H groups in total. The minimum Gasteiger partial charge on any atom is -0.395 e. The zero-order valence-electron chi connectivity index (χ0n) is 8.78. The van der Waals surface area contributed by atoms with Gasteiger partial charge in [0, 0.05) is 28.8 Å². The molecule has 0 radical (unpaired) electrons. The van der Waals surface area contributed by atoms with E-state index in [1.807, 2.05) is 30.0 Å². The molecular weight excluding hydrogens is 258 g/mol. The fourth-order valence-electron chi connectivity index (χ4n) is 1.56. The third-order valence-corrected chi connectivity index (χ3v) is 2.80. The Morgan fingerprint density at radius 3 is 2.60 bits per heavy atom. The number of rotatable bonds is 5. The van der Waals surface area contributed by atoms with E-state index in [0.717, 1.165) is 22.3 Å². The Bertz CT molecular complexity index is 317. The van der Waals surface area contributed by atoms with Gasteiger partial charge in [-0.1, -0.05) is 15.9 Å². The van der Waals surface area contributed by atoms with Gasteiger partial charge in [-0.05, 0) is 25.1 Å². The van der Waals surface area contributed by atoms with Crippen molar-refractivity contribution in [2.75, 3.05) is 24.6 Å². The van der Waals surface area contributed by atoms with Crippen LogP contribution in [-0.2, 0) is 6.61 Å². The first kappa shape index (κ1) is 12.5. The van der Waals surface area contributed by atoms with Crippen molar-refractivity contribution >= 4 is 21.6 Å². The Labute approximate surface area is 98.5 Å². The van der Waals surface area contributed by atoms with Gasteiger partial charge in [-0.25, -0.2) is 0 Å². The highest BCUT2D eigenvalue weighted by Crippen LogP contribution is 2.24. The van der Waals surface area contributed by atoms with Crippen LogP contribution in [0, 0.1) is 0 Å². The highest BCUT2D eigenvalue weighted by Gasteiger charge is 2.08. The normalized spacial score (nSPS) is 10.4. The highest BCUT2D eigenvalue weighted by molar-refractivity contribution is 9.10. The SMILES string of the molecule is CCN(CCO)c1ccc(Br)cc1CO. The molecule has 0 bridgehead atoms. The summed E-state index contributed by atoms with van der Waals surface area (Å²) < 4.78 is 0.954. The summed E-state index contributed by atoms with van der Waals surface area (Å²) in [5, 5.41) is 18.2. The summed E-state index contributed by atoms with van der Waals surface area (Å²) in [5.41, 5.74) is 1.86. The Kier molecular flexibility index (Phi) is 5.08. The van der Waals surface area contributed by atoms with Crippen LogP contribution in [-0.4, -0.2) is 29.9 Å². The molecule has 0 aliphatic rings. The van der Waals surface area contributed by atoms with E-state index >= 15 is 0 Å². The van der Waals surface area contributed by atoms with E-state index in [4.69, 9.17) is 5.11 Å². The average molecular weight is 274 g/mol. The van der Waals surface area contributed by atoms with Crippen molar-refractivity contribution in [2.24, 2.45) is 0 Å². The fraction of sp³-hybridized carbons (Fsp3) is 0.455. The number of aliphatic hydroxyl groups is 2. The molecule has 1 aromatic carbocycles. The maximum absolute atomic E-state index is 9.25. The second-order valence-corrected chi connectivity index (χ2v) is 4.15. The third-order valence-electron chi connectivity index (χ3n) is 2.30. The Morgan fingerprint density at radius 2 is 2.07 bits per heavy atom. The maximum Gasteiger partial charge on any atom is 0.0702 e. The lowest BCUT2D eigenvalue weighted by Gasteiger charge is -2.24. The number of hydrogen-bond acceptors (Lipinski definition) is 3. The van der Waals surface area contributed by atoms with E-state index in [1.54, 1.807) is 0 Å². The summed E-state index contributed by atoms with van der Waals surface area (Å²) in [5.74, 6) is 0. The standard InChI is InChI=1S/C11H16BrNO2/c1-2-13(5-6-14)11-4-3-10(12)7-9(11)8-15/h3-4,7,14-15H,2,5-6,8H2,1H3. The van der Waals surface area contributed by atoms with Gasteiger partial charge < -0.3 is 15.1 Å². The molecule has 0 amide bonds. The molecule has 84 valence electrons. The Hall–Kier alpha value is -0.580. The first-order valence-electron chi connectivity index (χ1n) is 4.98. The first-order valence-corrected chi connectivity index (χ1v) is 5.77. The monoisotopic (exact) mass is 273 g/mol. The minimum atomic E-state index is 0.0106. The molecular formula is C11H16BrNO2. The van der Waals surface area contributed by atoms with E-state index < -0.39 is 0 Å². The second kappa shape index (κ2) is 6.10. The number of nitrogens with zero attached hydrogens (tertiary/aromatic N) is 1. The summed E-state index contributed by atoms with van der Waals surface area (Å²) in [7, 11) is 0. The van der Waals surface area contributed by atoms with Gasteiger partial charge in [0.2, 0.25) is 0 Å².